The highest BCUT2D eigenvalue weighted by atomic mass is 19.4. The summed E-state index contributed by atoms with van der Waals surface area (Å²) in [6.07, 6.45) is -3.35. The molecule has 0 bridgehead atoms. The Morgan fingerprint density at radius 2 is 2.00 bits per heavy atom. The molecule has 18 heavy (non-hydrogen) atoms. The highest BCUT2D eigenvalue weighted by Crippen LogP contribution is 2.30. The molecule has 1 aliphatic rings. The van der Waals surface area contributed by atoms with Crippen LogP contribution in [0.2, 0.25) is 0 Å². The number of carbonyl (C=O) groups excluding carboxylic acids is 1. The van der Waals surface area contributed by atoms with Crippen molar-refractivity contribution < 1.29 is 27.9 Å². The summed E-state index contributed by atoms with van der Waals surface area (Å²) in [5.74, 6) is -1.28. The molecular formula is C11H14F3NO3. The zero-order valence-electron chi connectivity index (χ0n) is 9.66. The fourth-order valence-electron chi connectivity index (χ4n) is 1.70. The lowest BCUT2D eigenvalue weighted by molar-refractivity contribution is -0.137. The molecule has 0 radical (unpaired) electrons. The first kappa shape index (κ1) is 14.5. The summed E-state index contributed by atoms with van der Waals surface area (Å²) >= 11 is 0. The topological polar surface area (TPSA) is 57.6 Å². The van der Waals surface area contributed by atoms with Gasteiger partial charge in [-0.2, -0.15) is 13.2 Å². The first-order chi connectivity index (χ1) is 8.30. The van der Waals surface area contributed by atoms with Gasteiger partial charge in [-0.05, 0) is 12.8 Å². The van der Waals surface area contributed by atoms with Crippen LogP contribution in [0, 0.1) is 0 Å². The van der Waals surface area contributed by atoms with Crippen molar-refractivity contribution in [2.24, 2.45) is 0 Å². The van der Waals surface area contributed by atoms with Gasteiger partial charge in [-0.25, -0.2) is 0 Å². The third kappa shape index (κ3) is 4.38. The van der Waals surface area contributed by atoms with Crippen molar-refractivity contribution >= 4 is 11.9 Å². The van der Waals surface area contributed by atoms with Gasteiger partial charge < -0.3 is 10.0 Å². The number of rotatable bonds is 4. The lowest BCUT2D eigenvalue weighted by atomic mass is 10.1. The fourth-order valence-corrected chi connectivity index (χ4v) is 1.70. The van der Waals surface area contributed by atoms with Gasteiger partial charge >= 0.3 is 12.1 Å². The Morgan fingerprint density at radius 3 is 2.44 bits per heavy atom. The standard InChI is InChI=1S/C11H14F3NO3/c12-11(13,14)8-4-6-15(7-5-8)9(16)2-1-3-10(17)18/h4H,1-3,5-7H2,(H,17,18). The molecule has 0 saturated heterocycles. The molecule has 0 aliphatic carbocycles. The minimum absolute atomic E-state index is 0.0389. The van der Waals surface area contributed by atoms with Gasteiger partial charge in [0.05, 0.1) is 0 Å². The number of hydrogen-bond acceptors (Lipinski definition) is 2. The maximum Gasteiger partial charge on any atom is 0.412 e. The van der Waals surface area contributed by atoms with Crippen LogP contribution in [0.5, 0.6) is 0 Å². The van der Waals surface area contributed by atoms with Crippen molar-refractivity contribution in [3.63, 3.8) is 0 Å². The smallest absolute Gasteiger partial charge is 0.412 e. The highest BCUT2D eigenvalue weighted by Gasteiger charge is 2.35. The van der Waals surface area contributed by atoms with Crippen LogP contribution in [-0.4, -0.2) is 41.1 Å². The van der Waals surface area contributed by atoms with Crippen LogP contribution in [0.25, 0.3) is 0 Å². The van der Waals surface area contributed by atoms with Crippen molar-refractivity contribution in [3.8, 4) is 0 Å². The van der Waals surface area contributed by atoms with Crippen LogP contribution in [0.3, 0.4) is 0 Å². The molecule has 1 N–H and O–H groups in total. The van der Waals surface area contributed by atoms with E-state index >= 15 is 0 Å². The van der Waals surface area contributed by atoms with Crippen molar-refractivity contribution in [2.75, 3.05) is 13.1 Å². The van der Waals surface area contributed by atoms with Gasteiger partial charge in [0.2, 0.25) is 5.91 Å². The molecule has 0 aromatic carbocycles. The fraction of sp³-hybridized carbons (Fsp3) is 0.636. The Kier molecular flexibility index (Phi) is 4.75. The van der Waals surface area contributed by atoms with Crippen molar-refractivity contribution in [2.45, 2.75) is 31.9 Å². The van der Waals surface area contributed by atoms with E-state index in [1.165, 1.54) is 4.90 Å². The first-order valence-corrected chi connectivity index (χ1v) is 5.56. The molecule has 0 fully saturated rings. The summed E-state index contributed by atoms with van der Waals surface area (Å²) in [5.41, 5.74) is -0.600. The number of amides is 1. The second kappa shape index (κ2) is 5.88. The Bertz CT molecular complexity index is 363. The van der Waals surface area contributed by atoms with Gasteiger partial charge in [0.25, 0.3) is 0 Å². The summed E-state index contributed by atoms with van der Waals surface area (Å²) in [7, 11) is 0. The monoisotopic (exact) mass is 265 g/mol. The average molecular weight is 265 g/mol. The van der Waals surface area contributed by atoms with Gasteiger partial charge in [0.1, 0.15) is 0 Å². The van der Waals surface area contributed by atoms with Gasteiger partial charge in [0, 0.05) is 31.5 Å². The van der Waals surface area contributed by atoms with E-state index in [2.05, 4.69) is 0 Å². The maximum atomic E-state index is 12.3. The highest BCUT2D eigenvalue weighted by molar-refractivity contribution is 5.77. The molecule has 1 rings (SSSR count). The third-order valence-electron chi connectivity index (χ3n) is 2.71. The molecular weight excluding hydrogens is 251 g/mol. The molecule has 1 aliphatic heterocycles. The van der Waals surface area contributed by atoms with Gasteiger partial charge in [0.15, 0.2) is 0 Å². The second-order valence-corrected chi connectivity index (χ2v) is 4.06. The average Bonchev–Trinajstić information content (AvgIpc) is 2.27. The number of carboxylic acids is 1. The summed E-state index contributed by atoms with van der Waals surface area (Å²) in [4.78, 5) is 23.1. The zero-order valence-corrected chi connectivity index (χ0v) is 9.66. The van der Waals surface area contributed by atoms with E-state index < -0.39 is 17.7 Å². The number of aliphatic carboxylic acids is 1. The molecule has 102 valence electrons. The molecule has 7 heteroatoms. The Morgan fingerprint density at radius 1 is 1.33 bits per heavy atom. The van der Waals surface area contributed by atoms with Crippen LogP contribution in [0.4, 0.5) is 13.2 Å². The molecule has 4 nitrogen and oxygen atoms in total. The Hall–Kier alpha value is -1.53. The van der Waals surface area contributed by atoms with Crippen LogP contribution < -0.4 is 0 Å². The van der Waals surface area contributed by atoms with Gasteiger partial charge in [-0.3, -0.25) is 9.59 Å². The van der Waals surface area contributed by atoms with E-state index in [0.29, 0.717) is 0 Å². The van der Waals surface area contributed by atoms with E-state index in [1.54, 1.807) is 0 Å². The number of nitrogens with zero attached hydrogens (tertiary/aromatic N) is 1. The lowest BCUT2D eigenvalue weighted by Crippen LogP contribution is -2.36. The predicted molar refractivity (Wildman–Crippen MR) is 56.8 cm³/mol. The summed E-state index contributed by atoms with van der Waals surface area (Å²) in [5, 5.41) is 8.40. The molecule has 0 aromatic rings. The Balaban J connectivity index is 2.40. The third-order valence-corrected chi connectivity index (χ3v) is 2.71. The Labute approximate surface area is 102 Å². The molecule has 1 heterocycles. The summed E-state index contributed by atoms with van der Waals surface area (Å²) < 4.78 is 37.0. The minimum atomic E-state index is -4.32. The van der Waals surface area contributed by atoms with Crippen molar-refractivity contribution in [1.82, 2.24) is 4.90 Å². The predicted octanol–water partition coefficient (Wildman–Crippen LogP) is 1.96. The molecule has 0 atom stereocenters. The van der Waals surface area contributed by atoms with Crippen molar-refractivity contribution in [3.05, 3.63) is 11.6 Å². The van der Waals surface area contributed by atoms with Crippen LogP contribution >= 0.6 is 0 Å². The maximum absolute atomic E-state index is 12.3. The van der Waals surface area contributed by atoms with Gasteiger partial charge in [-0.15, -0.1) is 0 Å². The summed E-state index contributed by atoms with van der Waals surface area (Å²) in [6, 6.07) is 0. The molecule has 0 spiro atoms. The number of carbonyl (C=O) groups is 2. The van der Waals surface area contributed by atoms with Crippen molar-refractivity contribution in [1.29, 1.82) is 0 Å². The van der Waals surface area contributed by atoms with E-state index in [-0.39, 0.29) is 44.7 Å². The quantitative estimate of drug-likeness (QED) is 0.790. The number of carboxylic acid groups (broad SMARTS) is 1. The second-order valence-electron chi connectivity index (χ2n) is 4.06. The lowest BCUT2D eigenvalue weighted by Gasteiger charge is -2.27. The molecule has 0 saturated carbocycles. The molecule has 0 unspecified atom stereocenters. The number of halogens is 3. The number of hydrogen-bond donors (Lipinski definition) is 1. The zero-order chi connectivity index (χ0) is 13.8. The van der Waals surface area contributed by atoms with E-state index in [9.17, 15) is 22.8 Å². The normalized spacial score (nSPS) is 16.4. The summed E-state index contributed by atoms with van der Waals surface area (Å²) in [6.45, 7) is -0.0159. The van der Waals surface area contributed by atoms with E-state index in [1.807, 2.05) is 0 Å². The van der Waals surface area contributed by atoms with Crippen LogP contribution in [0.15, 0.2) is 11.6 Å². The van der Waals surface area contributed by atoms with Crippen LogP contribution in [-0.2, 0) is 9.59 Å². The SMILES string of the molecule is O=C(O)CCCC(=O)N1CC=C(C(F)(F)F)CC1. The van der Waals surface area contributed by atoms with E-state index in [4.69, 9.17) is 5.11 Å². The minimum Gasteiger partial charge on any atom is -0.481 e. The number of alkyl halides is 3. The molecule has 0 aromatic heterocycles. The molecule has 1 amide bonds. The van der Waals surface area contributed by atoms with Crippen LogP contribution in [0.1, 0.15) is 25.7 Å². The van der Waals surface area contributed by atoms with E-state index in [0.717, 1.165) is 6.08 Å². The largest absolute Gasteiger partial charge is 0.481 e. The van der Waals surface area contributed by atoms with Gasteiger partial charge in [-0.1, -0.05) is 6.08 Å². The first-order valence-electron chi connectivity index (χ1n) is 5.56.